The maximum absolute atomic E-state index is 2.48. The van der Waals surface area contributed by atoms with Crippen LogP contribution in [0.2, 0.25) is 0 Å². The second-order valence-electron chi connectivity index (χ2n) is 13.3. The topological polar surface area (TPSA) is 9.86 Å². The van der Waals surface area contributed by atoms with E-state index in [1.165, 1.54) is 71.1 Å². The van der Waals surface area contributed by atoms with Crippen molar-refractivity contribution in [1.29, 1.82) is 0 Å². The molecule has 0 radical (unpaired) electrons. The Kier molecular flexibility index (Phi) is 6.95. The summed E-state index contributed by atoms with van der Waals surface area (Å²) >= 11 is 0. The molecule has 238 valence electrons. The quantitative estimate of drug-likeness (QED) is 0.159. The minimum atomic E-state index is 0.140. The Morgan fingerprint density at radius 1 is 0.294 bits per heavy atom. The molecule has 0 atom stereocenters. The van der Waals surface area contributed by atoms with Gasteiger partial charge in [-0.15, -0.1) is 0 Å². The Morgan fingerprint density at radius 2 is 0.725 bits per heavy atom. The Morgan fingerprint density at radius 3 is 1.31 bits per heavy atom. The summed E-state index contributed by atoms with van der Waals surface area (Å²) in [6.45, 7) is 0.140. The maximum atomic E-state index is 2.48. The summed E-state index contributed by atoms with van der Waals surface area (Å²) in [5.74, 6) is 0. The van der Waals surface area contributed by atoms with Crippen LogP contribution in [0.15, 0.2) is 200 Å². The molecule has 0 fully saturated rings. The second kappa shape index (κ2) is 12.1. The van der Waals surface area contributed by atoms with Gasteiger partial charge in [-0.3, -0.25) is 0 Å². The molecule has 0 N–H and O–H groups in total. The van der Waals surface area contributed by atoms with Gasteiger partial charge in [0.2, 0.25) is 6.71 Å². The summed E-state index contributed by atoms with van der Waals surface area (Å²) in [7, 11) is 0. The van der Waals surface area contributed by atoms with Crippen LogP contribution in [-0.2, 0) is 0 Å². The first kappa shape index (κ1) is 29.4. The van der Waals surface area contributed by atoms with Crippen LogP contribution in [0.5, 0.6) is 0 Å². The lowest BCUT2D eigenvalue weighted by atomic mass is 9.37. The van der Waals surface area contributed by atoms with E-state index in [0.717, 1.165) is 11.4 Å². The van der Waals surface area contributed by atoms with E-state index in [2.05, 4.69) is 209 Å². The SMILES string of the molecule is c1ccc(B(c2ccccc2)c2cccc(-c3cccc(-n4c5ccccc5c5ccc6c7ccccc7n(-c7ccccc7)c6c54)c3)c2)cc1. The molecule has 10 aromatic rings. The summed E-state index contributed by atoms with van der Waals surface area (Å²) < 4.78 is 4.93. The highest BCUT2D eigenvalue weighted by Gasteiger charge is 2.23. The number of rotatable bonds is 6. The smallest absolute Gasteiger partial charge is 0.241 e. The minimum Gasteiger partial charge on any atom is -0.307 e. The molecule has 2 heterocycles. The van der Waals surface area contributed by atoms with Crippen LogP contribution in [-0.4, -0.2) is 15.8 Å². The molecule has 0 aliphatic carbocycles. The molecule has 0 bridgehead atoms. The average molecular weight is 649 g/mol. The van der Waals surface area contributed by atoms with E-state index in [1.807, 2.05) is 0 Å². The second-order valence-corrected chi connectivity index (χ2v) is 13.3. The first-order valence-electron chi connectivity index (χ1n) is 17.6. The van der Waals surface area contributed by atoms with Crippen LogP contribution in [0.25, 0.3) is 66.1 Å². The lowest BCUT2D eigenvalue weighted by molar-refractivity contribution is 1.15. The largest absolute Gasteiger partial charge is 0.307 e. The minimum absolute atomic E-state index is 0.140. The van der Waals surface area contributed by atoms with Gasteiger partial charge >= 0.3 is 0 Å². The lowest BCUT2D eigenvalue weighted by Gasteiger charge is -2.17. The van der Waals surface area contributed by atoms with Gasteiger partial charge in [0, 0.05) is 32.9 Å². The number of hydrogen-bond donors (Lipinski definition) is 0. The lowest BCUT2D eigenvalue weighted by Crippen LogP contribution is -2.51. The van der Waals surface area contributed by atoms with Gasteiger partial charge in [0.05, 0.1) is 22.1 Å². The predicted molar refractivity (Wildman–Crippen MR) is 218 cm³/mol. The van der Waals surface area contributed by atoms with E-state index >= 15 is 0 Å². The fourth-order valence-corrected chi connectivity index (χ4v) is 8.20. The van der Waals surface area contributed by atoms with E-state index in [-0.39, 0.29) is 6.71 Å². The van der Waals surface area contributed by atoms with E-state index in [1.54, 1.807) is 0 Å². The molecular formula is C48H33BN2. The third kappa shape index (κ3) is 4.81. The predicted octanol–water partition coefficient (Wildman–Crippen LogP) is 10.1. The van der Waals surface area contributed by atoms with Gasteiger partial charge in [-0.05, 0) is 47.5 Å². The molecule has 0 amide bonds. The normalized spacial score (nSPS) is 11.5. The van der Waals surface area contributed by atoms with Crippen molar-refractivity contribution in [1.82, 2.24) is 9.13 Å². The Labute approximate surface area is 297 Å². The standard InChI is InChI=1S/C48H33BN2/c1-4-18-36(19-5-1)49(37-20-6-2-7-21-37)38-22-14-16-34(32-38)35-17-15-25-40(33-35)51-46-29-13-11-27-42(46)44-31-30-43-41-26-10-12-28-45(41)50(47(43)48(44)51)39-23-8-3-9-24-39/h1-33H. The molecule has 2 aromatic heterocycles. The fraction of sp³-hybridized carbons (Fsp3) is 0. The van der Waals surface area contributed by atoms with Crippen LogP contribution in [0.3, 0.4) is 0 Å². The molecule has 0 aliphatic rings. The van der Waals surface area contributed by atoms with Crippen LogP contribution in [0.1, 0.15) is 0 Å². The Balaban J connectivity index is 1.21. The van der Waals surface area contributed by atoms with Gasteiger partial charge in [-0.25, -0.2) is 0 Å². The number of hydrogen-bond acceptors (Lipinski definition) is 0. The summed E-state index contributed by atoms with van der Waals surface area (Å²) in [5.41, 5.74) is 13.4. The molecule has 0 saturated heterocycles. The molecule has 3 heteroatoms. The first-order valence-corrected chi connectivity index (χ1v) is 17.6. The molecule has 8 aromatic carbocycles. The highest BCUT2D eigenvalue weighted by Crippen LogP contribution is 2.41. The van der Waals surface area contributed by atoms with E-state index in [4.69, 9.17) is 0 Å². The van der Waals surface area contributed by atoms with Gasteiger partial charge in [0.25, 0.3) is 0 Å². The van der Waals surface area contributed by atoms with Crippen LogP contribution < -0.4 is 16.4 Å². The van der Waals surface area contributed by atoms with Crippen molar-refractivity contribution in [3.63, 3.8) is 0 Å². The zero-order valence-electron chi connectivity index (χ0n) is 28.0. The van der Waals surface area contributed by atoms with Crippen molar-refractivity contribution < 1.29 is 0 Å². The average Bonchev–Trinajstić information content (AvgIpc) is 3.73. The zero-order valence-corrected chi connectivity index (χ0v) is 28.0. The molecule has 10 rings (SSSR count). The van der Waals surface area contributed by atoms with E-state index in [9.17, 15) is 0 Å². The van der Waals surface area contributed by atoms with Gasteiger partial charge < -0.3 is 9.13 Å². The fourth-order valence-electron chi connectivity index (χ4n) is 8.20. The van der Waals surface area contributed by atoms with Gasteiger partial charge in [0.15, 0.2) is 0 Å². The Bertz CT molecular complexity index is 2810. The van der Waals surface area contributed by atoms with Crippen molar-refractivity contribution in [3.8, 4) is 22.5 Å². The number of nitrogens with zero attached hydrogens (tertiary/aromatic N) is 2. The van der Waals surface area contributed by atoms with E-state index < -0.39 is 0 Å². The third-order valence-electron chi connectivity index (χ3n) is 10.4. The van der Waals surface area contributed by atoms with Crippen molar-refractivity contribution >= 4 is 66.7 Å². The zero-order chi connectivity index (χ0) is 33.7. The van der Waals surface area contributed by atoms with Gasteiger partial charge in [-0.1, -0.05) is 180 Å². The number of para-hydroxylation sites is 3. The molecule has 0 aliphatic heterocycles. The van der Waals surface area contributed by atoms with Crippen molar-refractivity contribution in [2.24, 2.45) is 0 Å². The third-order valence-corrected chi connectivity index (χ3v) is 10.4. The summed E-state index contributed by atoms with van der Waals surface area (Å²) in [6, 6.07) is 72.9. The molecular weight excluding hydrogens is 615 g/mol. The highest BCUT2D eigenvalue weighted by molar-refractivity contribution is 6.95. The van der Waals surface area contributed by atoms with Crippen LogP contribution >= 0.6 is 0 Å². The highest BCUT2D eigenvalue weighted by atomic mass is 15.0. The van der Waals surface area contributed by atoms with Gasteiger partial charge in [-0.2, -0.15) is 0 Å². The molecule has 2 nitrogen and oxygen atoms in total. The molecule has 0 saturated carbocycles. The molecule has 0 spiro atoms. The number of benzene rings is 8. The maximum Gasteiger partial charge on any atom is 0.241 e. The number of aromatic nitrogens is 2. The summed E-state index contributed by atoms with van der Waals surface area (Å²) in [6.07, 6.45) is 0. The molecule has 51 heavy (non-hydrogen) atoms. The summed E-state index contributed by atoms with van der Waals surface area (Å²) in [5, 5.41) is 5.01. The van der Waals surface area contributed by atoms with Crippen LogP contribution in [0, 0.1) is 0 Å². The monoisotopic (exact) mass is 648 g/mol. The van der Waals surface area contributed by atoms with Crippen LogP contribution in [0.4, 0.5) is 0 Å². The van der Waals surface area contributed by atoms with Crippen molar-refractivity contribution in [2.75, 3.05) is 0 Å². The number of fused-ring (bicyclic) bond motifs is 7. The first-order chi connectivity index (χ1) is 25.3. The van der Waals surface area contributed by atoms with Crippen molar-refractivity contribution in [3.05, 3.63) is 200 Å². The van der Waals surface area contributed by atoms with Crippen molar-refractivity contribution in [2.45, 2.75) is 0 Å². The van der Waals surface area contributed by atoms with Gasteiger partial charge in [0.1, 0.15) is 0 Å². The summed E-state index contributed by atoms with van der Waals surface area (Å²) in [4.78, 5) is 0. The van der Waals surface area contributed by atoms with E-state index in [0.29, 0.717) is 0 Å². The molecule has 0 unspecified atom stereocenters. The Hall–Kier alpha value is -6.58.